The fraction of sp³-hybridized carbons (Fsp3) is 0.625. The van der Waals surface area contributed by atoms with E-state index in [1.807, 2.05) is 30.3 Å². The van der Waals surface area contributed by atoms with E-state index < -0.39 is 31.5 Å². The molecule has 2 rings (SSSR count). The second kappa shape index (κ2) is 12.9. The minimum Gasteiger partial charge on any atom is -0.481 e. The van der Waals surface area contributed by atoms with Crippen molar-refractivity contribution in [2.45, 2.75) is 59.2 Å². The van der Waals surface area contributed by atoms with Gasteiger partial charge in [-0.2, -0.15) is 0 Å². The number of esters is 1. The SMILES string of the molecule is CCC(=O)OC(OP(=O)(CCCCc1ccccc1)CC(=O)N1CCC(C(=O)O)C1)C(C)C. The van der Waals surface area contributed by atoms with Gasteiger partial charge in [-0.25, -0.2) is 0 Å². The van der Waals surface area contributed by atoms with E-state index in [0.29, 0.717) is 19.4 Å². The van der Waals surface area contributed by atoms with E-state index in [1.165, 1.54) is 10.5 Å². The first-order valence-corrected chi connectivity index (χ1v) is 13.6. The Bertz CT molecular complexity index is 842. The van der Waals surface area contributed by atoms with Gasteiger partial charge in [-0.3, -0.25) is 23.5 Å². The minimum absolute atomic E-state index is 0.112. The van der Waals surface area contributed by atoms with Crippen LogP contribution in [0.15, 0.2) is 30.3 Å². The van der Waals surface area contributed by atoms with Gasteiger partial charge in [0.2, 0.25) is 19.6 Å². The number of amides is 1. The van der Waals surface area contributed by atoms with E-state index in [9.17, 15) is 24.1 Å². The molecule has 0 aromatic heterocycles. The molecule has 0 saturated carbocycles. The van der Waals surface area contributed by atoms with Crippen LogP contribution in [0.4, 0.5) is 0 Å². The molecule has 3 unspecified atom stereocenters. The van der Waals surface area contributed by atoms with E-state index >= 15 is 0 Å². The number of aliphatic carboxylic acids is 1. The van der Waals surface area contributed by atoms with Gasteiger partial charge in [0.1, 0.15) is 6.16 Å². The highest BCUT2D eigenvalue weighted by molar-refractivity contribution is 7.59. The molecule has 1 aliphatic rings. The second-order valence-corrected chi connectivity index (χ2v) is 11.5. The molecule has 3 atom stereocenters. The Hall–Kier alpha value is -2.18. The van der Waals surface area contributed by atoms with Crippen molar-refractivity contribution in [3.8, 4) is 0 Å². The number of carboxylic acids is 1. The van der Waals surface area contributed by atoms with Crippen molar-refractivity contribution in [3.63, 3.8) is 0 Å². The predicted octanol–water partition coefficient (Wildman–Crippen LogP) is 4.17. The van der Waals surface area contributed by atoms with Crippen LogP contribution < -0.4 is 0 Å². The number of rotatable bonds is 13. The van der Waals surface area contributed by atoms with Gasteiger partial charge in [0.25, 0.3) is 0 Å². The molecule has 1 heterocycles. The van der Waals surface area contributed by atoms with Gasteiger partial charge in [-0.1, -0.05) is 51.1 Å². The molecule has 8 nitrogen and oxygen atoms in total. The molecule has 33 heavy (non-hydrogen) atoms. The summed E-state index contributed by atoms with van der Waals surface area (Å²) in [5.41, 5.74) is 1.18. The summed E-state index contributed by atoms with van der Waals surface area (Å²) < 4.78 is 25.0. The summed E-state index contributed by atoms with van der Waals surface area (Å²) in [5.74, 6) is -2.61. The maximum atomic E-state index is 13.8. The van der Waals surface area contributed by atoms with Crippen molar-refractivity contribution in [3.05, 3.63) is 35.9 Å². The highest BCUT2D eigenvalue weighted by Gasteiger charge is 2.37. The maximum Gasteiger partial charge on any atom is 0.308 e. The summed E-state index contributed by atoms with van der Waals surface area (Å²) in [6.45, 7) is 5.70. The number of benzene rings is 1. The number of likely N-dealkylation sites (tertiary alicyclic amines) is 1. The van der Waals surface area contributed by atoms with Gasteiger partial charge in [0, 0.05) is 31.6 Å². The van der Waals surface area contributed by atoms with Crippen molar-refractivity contribution in [2.75, 3.05) is 25.4 Å². The maximum absolute atomic E-state index is 13.8. The van der Waals surface area contributed by atoms with E-state index in [1.54, 1.807) is 20.8 Å². The molecule has 1 fully saturated rings. The summed E-state index contributed by atoms with van der Waals surface area (Å²) in [6.07, 6.45) is 1.59. The van der Waals surface area contributed by atoms with E-state index in [0.717, 1.165) is 12.8 Å². The molecular formula is C24H36NO7P. The number of nitrogens with zero attached hydrogens (tertiary/aromatic N) is 1. The molecule has 1 saturated heterocycles. The lowest BCUT2D eigenvalue weighted by Crippen LogP contribution is -2.34. The van der Waals surface area contributed by atoms with Gasteiger partial charge < -0.3 is 14.7 Å². The van der Waals surface area contributed by atoms with Gasteiger partial charge in [-0.05, 0) is 31.2 Å². The average molecular weight is 482 g/mol. The molecule has 0 aliphatic carbocycles. The third-order valence-electron chi connectivity index (χ3n) is 5.70. The Labute approximate surface area is 196 Å². The average Bonchev–Trinajstić information content (AvgIpc) is 3.28. The van der Waals surface area contributed by atoms with Crippen LogP contribution in [-0.4, -0.2) is 59.6 Å². The van der Waals surface area contributed by atoms with Crippen LogP contribution in [0.2, 0.25) is 0 Å². The van der Waals surface area contributed by atoms with Gasteiger partial charge in [-0.15, -0.1) is 0 Å². The normalized spacial score (nSPS) is 18.7. The number of ether oxygens (including phenoxy) is 1. The Morgan fingerprint density at radius 3 is 2.45 bits per heavy atom. The van der Waals surface area contributed by atoms with Crippen LogP contribution in [0.5, 0.6) is 0 Å². The summed E-state index contributed by atoms with van der Waals surface area (Å²) in [4.78, 5) is 37.4. The highest BCUT2D eigenvalue weighted by Crippen LogP contribution is 2.50. The van der Waals surface area contributed by atoms with Crippen molar-refractivity contribution < 1.29 is 33.3 Å². The number of hydrogen-bond acceptors (Lipinski definition) is 6. The summed E-state index contributed by atoms with van der Waals surface area (Å²) in [7, 11) is -3.49. The van der Waals surface area contributed by atoms with E-state index in [4.69, 9.17) is 9.26 Å². The number of unbranched alkanes of at least 4 members (excludes halogenated alkanes) is 1. The lowest BCUT2D eigenvalue weighted by molar-refractivity contribution is -0.169. The summed E-state index contributed by atoms with van der Waals surface area (Å²) in [6, 6.07) is 9.96. The Morgan fingerprint density at radius 2 is 1.88 bits per heavy atom. The fourth-order valence-corrected chi connectivity index (χ4v) is 5.99. The zero-order valence-corrected chi connectivity index (χ0v) is 20.7. The lowest BCUT2D eigenvalue weighted by Gasteiger charge is -2.28. The van der Waals surface area contributed by atoms with Crippen LogP contribution in [0, 0.1) is 11.8 Å². The van der Waals surface area contributed by atoms with E-state index in [2.05, 4.69) is 0 Å². The molecule has 1 amide bonds. The quantitative estimate of drug-likeness (QED) is 0.195. The number of carboxylic acid groups (broad SMARTS) is 1. The molecule has 0 bridgehead atoms. The molecule has 9 heteroatoms. The van der Waals surface area contributed by atoms with Crippen LogP contribution in [0.3, 0.4) is 0 Å². The van der Waals surface area contributed by atoms with Crippen molar-refractivity contribution in [1.82, 2.24) is 4.90 Å². The molecular weight excluding hydrogens is 445 g/mol. The Balaban J connectivity index is 2.06. The molecule has 1 aromatic carbocycles. The van der Waals surface area contributed by atoms with E-state index in [-0.39, 0.29) is 37.1 Å². The smallest absolute Gasteiger partial charge is 0.308 e. The lowest BCUT2D eigenvalue weighted by atomic mass is 10.1. The molecule has 0 spiro atoms. The number of carbonyl (C=O) groups excluding carboxylic acids is 2. The number of carbonyl (C=O) groups is 3. The molecule has 1 aromatic rings. The monoisotopic (exact) mass is 481 g/mol. The molecule has 1 aliphatic heterocycles. The largest absolute Gasteiger partial charge is 0.481 e. The Morgan fingerprint density at radius 1 is 1.18 bits per heavy atom. The third kappa shape index (κ3) is 8.94. The molecule has 0 radical (unpaired) electrons. The first kappa shape index (κ1) is 27.1. The standard InChI is InChI=1S/C24H36NO7P/c1-4-22(27)31-24(18(2)3)32-33(30,15-9-8-12-19-10-6-5-7-11-19)17-21(26)25-14-13-20(16-25)23(28)29/h5-7,10-11,18,20,24H,4,8-9,12-17H2,1-3H3,(H,28,29). The third-order valence-corrected chi connectivity index (χ3v) is 8.04. The van der Waals surface area contributed by atoms with Crippen LogP contribution in [0.1, 0.15) is 52.0 Å². The van der Waals surface area contributed by atoms with Crippen LogP contribution >= 0.6 is 7.37 Å². The first-order valence-electron chi connectivity index (χ1n) is 11.6. The summed E-state index contributed by atoms with van der Waals surface area (Å²) >= 11 is 0. The van der Waals surface area contributed by atoms with Crippen LogP contribution in [-0.2, 0) is 34.6 Å². The number of hydrogen-bond donors (Lipinski definition) is 1. The van der Waals surface area contributed by atoms with Gasteiger partial charge >= 0.3 is 11.9 Å². The van der Waals surface area contributed by atoms with Crippen molar-refractivity contribution >= 4 is 25.2 Å². The van der Waals surface area contributed by atoms with Crippen LogP contribution in [0.25, 0.3) is 0 Å². The van der Waals surface area contributed by atoms with Gasteiger partial charge in [0.15, 0.2) is 0 Å². The topological polar surface area (TPSA) is 110 Å². The van der Waals surface area contributed by atoms with Gasteiger partial charge in [0.05, 0.1) is 5.92 Å². The number of aryl methyl sites for hydroxylation is 1. The zero-order chi connectivity index (χ0) is 24.4. The molecule has 1 N–H and O–H groups in total. The zero-order valence-electron chi connectivity index (χ0n) is 19.8. The Kier molecular flexibility index (Phi) is 10.6. The first-order chi connectivity index (χ1) is 15.6. The highest BCUT2D eigenvalue weighted by atomic mass is 31.2. The minimum atomic E-state index is -3.49. The molecule has 184 valence electrons. The fourth-order valence-electron chi connectivity index (χ4n) is 3.67. The van der Waals surface area contributed by atoms with Crippen molar-refractivity contribution in [1.29, 1.82) is 0 Å². The summed E-state index contributed by atoms with van der Waals surface area (Å²) in [5, 5.41) is 9.20. The van der Waals surface area contributed by atoms with Crippen molar-refractivity contribution in [2.24, 2.45) is 11.8 Å². The predicted molar refractivity (Wildman–Crippen MR) is 125 cm³/mol. The second-order valence-electron chi connectivity index (χ2n) is 8.86.